The molecule has 2 saturated heterocycles. The summed E-state index contributed by atoms with van der Waals surface area (Å²) in [5.41, 5.74) is 1.44. The number of likely N-dealkylation sites (tertiary alicyclic amines) is 1. The first-order chi connectivity index (χ1) is 12.6. The molecule has 0 radical (unpaired) electrons. The van der Waals surface area contributed by atoms with Crippen molar-refractivity contribution in [3.63, 3.8) is 0 Å². The number of carbonyl (C=O) groups is 1. The van der Waals surface area contributed by atoms with Crippen LogP contribution in [0.2, 0.25) is 0 Å². The molecular weight excluding hydrogens is 322 g/mol. The minimum absolute atomic E-state index is 0.338. The molecule has 0 spiro atoms. The molecule has 0 bridgehead atoms. The zero-order valence-electron chi connectivity index (χ0n) is 16.6. The third-order valence-electron chi connectivity index (χ3n) is 6.15. The van der Waals surface area contributed by atoms with Crippen LogP contribution in [0.15, 0.2) is 30.3 Å². The van der Waals surface area contributed by atoms with E-state index in [-0.39, 0.29) is 0 Å². The Morgan fingerprint density at radius 3 is 2.27 bits per heavy atom. The zero-order valence-corrected chi connectivity index (χ0v) is 16.6. The van der Waals surface area contributed by atoms with E-state index in [1.54, 1.807) is 0 Å². The maximum Gasteiger partial charge on any atom is 0.236 e. The molecule has 1 aromatic carbocycles. The second kappa shape index (κ2) is 9.52. The van der Waals surface area contributed by atoms with Gasteiger partial charge in [-0.15, -0.1) is 0 Å². The van der Waals surface area contributed by atoms with E-state index in [1.807, 2.05) is 0 Å². The average molecular weight is 358 g/mol. The Labute approximate surface area is 159 Å². The van der Waals surface area contributed by atoms with Crippen LogP contribution in [0, 0.1) is 5.92 Å². The molecule has 0 saturated carbocycles. The van der Waals surface area contributed by atoms with Gasteiger partial charge < -0.3 is 4.90 Å². The maximum absolute atomic E-state index is 12.6. The molecule has 144 valence electrons. The standard InChI is InChI=1S/C22H35N3O/c1-19(2)24-16-14-23(15-17-24)18-22(26)25-12-10-21(11-13-25)9-8-20-6-4-3-5-7-20/h3-7,19,21H,8-18H2,1-2H3. The van der Waals surface area contributed by atoms with E-state index >= 15 is 0 Å². The Hall–Kier alpha value is -1.39. The molecule has 4 nitrogen and oxygen atoms in total. The molecule has 4 heteroatoms. The summed E-state index contributed by atoms with van der Waals surface area (Å²) in [7, 11) is 0. The number of benzene rings is 1. The SMILES string of the molecule is CC(C)N1CCN(CC(=O)N2CCC(CCc3ccccc3)CC2)CC1. The number of carbonyl (C=O) groups excluding carboxylic acids is 1. The lowest BCUT2D eigenvalue weighted by Crippen LogP contribution is -2.52. The second-order valence-corrected chi connectivity index (χ2v) is 8.25. The first-order valence-electron chi connectivity index (χ1n) is 10.4. The Morgan fingerprint density at radius 2 is 1.65 bits per heavy atom. The summed E-state index contributed by atoms with van der Waals surface area (Å²) in [5, 5.41) is 0. The summed E-state index contributed by atoms with van der Waals surface area (Å²) < 4.78 is 0. The van der Waals surface area contributed by atoms with Crippen LogP contribution in [-0.2, 0) is 11.2 Å². The highest BCUT2D eigenvalue weighted by molar-refractivity contribution is 5.78. The molecule has 0 N–H and O–H groups in total. The van der Waals surface area contributed by atoms with E-state index in [0.717, 1.165) is 45.2 Å². The number of amides is 1. The van der Waals surface area contributed by atoms with Gasteiger partial charge in [0, 0.05) is 45.3 Å². The molecular formula is C22H35N3O. The van der Waals surface area contributed by atoms with E-state index in [0.29, 0.717) is 18.5 Å². The van der Waals surface area contributed by atoms with Gasteiger partial charge in [-0.25, -0.2) is 0 Å². The average Bonchev–Trinajstić information content (AvgIpc) is 2.68. The van der Waals surface area contributed by atoms with Crippen molar-refractivity contribution in [2.24, 2.45) is 5.92 Å². The van der Waals surface area contributed by atoms with Crippen LogP contribution in [0.25, 0.3) is 0 Å². The fourth-order valence-corrected chi connectivity index (χ4v) is 4.22. The van der Waals surface area contributed by atoms with Gasteiger partial charge in [-0.1, -0.05) is 30.3 Å². The molecule has 0 atom stereocenters. The Balaban J connectivity index is 1.35. The zero-order chi connectivity index (χ0) is 18.4. The van der Waals surface area contributed by atoms with Crippen molar-refractivity contribution in [2.45, 2.75) is 45.6 Å². The lowest BCUT2D eigenvalue weighted by atomic mass is 9.90. The van der Waals surface area contributed by atoms with E-state index in [1.165, 1.54) is 31.2 Å². The van der Waals surface area contributed by atoms with Crippen molar-refractivity contribution in [3.05, 3.63) is 35.9 Å². The smallest absolute Gasteiger partial charge is 0.236 e. The Kier molecular flexibility index (Phi) is 7.09. The molecule has 0 aromatic heterocycles. The van der Waals surface area contributed by atoms with E-state index in [2.05, 4.69) is 58.9 Å². The first-order valence-corrected chi connectivity index (χ1v) is 10.4. The Bertz CT molecular complexity index is 544. The highest BCUT2D eigenvalue weighted by atomic mass is 16.2. The van der Waals surface area contributed by atoms with Gasteiger partial charge in [-0.2, -0.15) is 0 Å². The highest BCUT2D eigenvalue weighted by Crippen LogP contribution is 2.22. The van der Waals surface area contributed by atoms with Crippen molar-refractivity contribution in [3.8, 4) is 0 Å². The lowest BCUT2D eigenvalue weighted by Gasteiger charge is -2.38. The first kappa shape index (κ1) is 19.4. The van der Waals surface area contributed by atoms with E-state index < -0.39 is 0 Å². The van der Waals surface area contributed by atoms with Crippen molar-refractivity contribution in [2.75, 3.05) is 45.8 Å². The predicted molar refractivity (Wildman–Crippen MR) is 107 cm³/mol. The largest absolute Gasteiger partial charge is 0.342 e. The number of rotatable bonds is 6. The number of hydrogen-bond donors (Lipinski definition) is 0. The maximum atomic E-state index is 12.6. The highest BCUT2D eigenvalue weighted by Gasteiger charge is 2.26. The van der Waals surface area contributed by atoms with Crippen molar-refractivity contribution >= 4 is 5.91 Å². The number of aryl methyl sites for hydroxylation is 1. The summed E-state index contributed by atoms with van der Waals surface area (Å²) in [6.45, 7) is 11.2. The number of piperidine rings is 1. The monoisotopic (exact) mass is 357 g/mol. The summed E-state index contributed by atoms with van der Waals surface area (Å²) in [4.78, 5) is 19.6. The minimum atomic E-state index is 0.338. The van der Waals surface area contributed by atoms with Crippen LogP contribution in [0.1, 0.15) is 38.7 Å². The van der Waals surface area contributed by atoms with Crippen LogP contribution in [-0.4, -0.2) is 72.5 Å². The fraction of sp³-hybridized carbons (Fsp3) is 0.682. The third-order valence-corrected chi connectivity index (χ3v) is 6.15. The van der Waals surface area contributed by atoms with E-state index in [4.69, 9.17) is 0 Å². The molecule has 2 aliphatic heterocycles. The van der Waals surface area contributed by atoms with Crippen LogP contribution in [0.3, 0.4) is 0 Å². The van der Waals surface area contributed by atoms with Gasteiger partial charge in [0.2, 0.25) is 5.91 Å². The van der Waals surface area contributed by atoms with Crippen LogP contribution < -0.4 is 0 Å². The molecule has 1 amide bonds. The summed E-state index contributed by atoms with van der Waals surface area (Å²) in [6.07, 6.45) is 4.75. The van der Waals surface area contributed by atoms with Gasteiger partial charge in [-0.3, -0.25) is 14.6 Å². The number of nitrogens with zero attached hydrogens (tertiary/aromatic N) is 3. The molecule has 2 heterocycles. The summed E-state index contributed by atoms with van der Waals surface area (Å²) in [6, 6.07) is 11.4. The molecule has 2 aliphatic rings. The molecule has 26 heavy (non-hydrogen) atoms. The Morgan fingerprint density at radius 1 is 1.00 bits per heavy atom. The predicted octanol–water partition coefficient (Wildman–Crippen LogP) is 2.88. The topological polar surface area (TPSA) is 26.8 Å². The van der Waals surface area contributed by atoms with Crippen molar-refractivity contribution in [1.82, 2.24) is 14.7 Å². The van der Waals surface area contributed by atoms with Gasteiger partial charge in [0.05, 0.1) is 6.54 Å². The quantitative estimate of drug-likeness (QED) is 0.783. The van der Waals surface area contributed by atoms with E-state index in [9.17, 15) is 4.79 Å². The molecule has 2 fully saturated rings. The molecule has 3 rings (SSSR count). The summed E-state index contributed by atoms with van der Waals surface area (Å²) >= 11 is 0. The van der Waals surface area contributed by atoms with Gasteiger partial charge in [0.25, 0.3) is 0 Å². The van der Waals surface area contributed by atoms with Gasteiger partial charge in [0.15, 0.2) is 0 Å². The van der Waals surface area contributed by atoms with Crippen molar-refractivity contribution < 1.29 is 4.79 Å². The summed E-state index contributed by atoms with van der Waals surface area (Å²) in [5.74, 6) is 1.11. The minimum Gasteiger partial charge on any atom is -0.342 e. The lowest BCUT2D eigenvalue weighted by molar-refractivity contribution is -0.134. The molecule has 0 aliphatic carbocycles. The van der Waals surface area contributed by atoms with Crippen LogP contribution >= 0.6 is 0 Å². The van der Waals surface area contributed by atoms with Crippen LogP contribution in [0.5, 0.6) is 0 Å². The molecule has 0 unspecified atom stereocenters. The van der Waals surface area contributed by atoms with Crippen LogP contribution in [0.4, 0.5) is 0 Å². The third kappa shape index (κ3) is 5.55. The van der Waals surface area contributed by atoms with Crippen molar-refractivity contribution in [1.29, 1.82) is 0 Å². The van der Waals surface area contributed by atoms with Gasteiger partial charge >= 0.3 is 0 Å². The normalized spacial score (nSPS) is 20.7. The fourth-order valence-electron chi connectivity index (χ4n) is 4.22. The number of piperazine rings is 1. The van der Waals surface area contributed by atoms with Gasteiger partial charge in [-0.05, 0) is 51.0 Å². The molecule has 1 aromatic rings. The van der Waals surface area contributed by atoms with Gasteiger partial charge in [0.1, 0.15) is 0 Å². The second-order valence-electron chi connectivity index (χ2n) is 8.25. The number of hydrogen-bond acceptors (Lipinski definition) is 3.